The lowest BCUT2D eigenvalue weighted by atomic mass is 10.2. The quantitative estimate of drug-likeness (QED) is 0.812. The van der Waals surface area contributed by atoms with E-state index in [1.54, 1.807) is 0 Å². The van der Waals surface area contributed by atoms with Gasteiger partial charge in [0.05, 0.1) is 17.6 Å². The van der Waals surface area contributed by atoms with Gasteiger partial charge in [-0.15, -0.1) is 0 Å². The van der Waals surface area contributed by atoms with Gasteiger partial charge < -0.3 is 10.6 Å². The summed E-state index contributed by atoms with van der Waals surface area (Å²) in [4.78, 5) is 7.01. The molecule has 1 fully saturated rings. The maximum atomic E-state index is 5.52. The lowest BCUT2D eigenvalue weighted by molar-refractivity contribution is 0.698. The zero-order chi connectivity index (χ0) is 11.5. The van der Waals surface area contributed by atoms with E-state index in [4.69, 9.17) is 18.0 Å². The van der Waals surface area contributed by atoms with Crippen LogP contribution in [0.4, 0.5) is 5.69 Å². The smallest absolute Gasteiger partial charge is 0.122 e. The molecule has 0 aromatic carbocycles. The molecule has 5 heteroatoms. The van der Waals surface area contributed by atoms with Crippen LogP contribution < -0.4 is 10.6 Å². The van der Waals surface area contributed by atoms with E-state index in [1.165, 1.54) is 11.5 Å². The van der Waals surface area contributed by atoms with Gasteiger partial charge >= 0.3 is 0 Å². The second-order valence-corrected chi connectivity index (χ2v) is 5.47. The van der Waals surface area contributed by atoms with Crippen molar-refractivity contribution in [1.82, 2.24) is 4.98 Å². The Morgan fingerprint density at radius 1 is 1.62 bits per heavy atom. The Morgan fingerprint density at radius 3 is 3.00 bits per heavy atom. The van der Waals surface area contributed by atoms with E-state index in [0.717, 1.165) is 12.2 Å². The number of hydrogen-bond donors (Lipinski definition) is 1. The summed E-state index contributed by atoms with van der Waals surface area (Å²) in [5.74, 6) is 2.36. The van der Waals surface area contributed by atoms with Crippen LogP contribution in [0.5, 0.6) is 0 Å². The molecule has 0 saturated carbocycles. The Labute approximate surface area is 105 Å². The van der Waals surface area contributed by atoms with Crippen LogP contribution in [0.15, 0.2) is 18.3 Å². The molecule has 1 aliphatic rings. The fourth-order valence-corrected chi connectivity index (χ4v) is 2.95. The highest BCUT2D eigenvalue weighted by Gasteiger charge is 2.18. The molecule has 1 atom stereocenters. The summed E-state index contributed by atoms with van der Waals surface area (Å²) in [5, 5.41) is 0. The van der Waals surface area contributed by atoms with Crippen molar-refractivity contribution in [2.24, 2.45) is 5.73 Å². The van der Waals surface area contributed by atoms with Gasteiger partial charge in [0.2, 0.25) is 0 Å². The van der Waals surface area contributed by atoms with Crippen molar-refractivity contribution in [2.75, 3.05) is 23.0 Å². The Morgan fingerprint density at radius 2 is 2.44 bits per heavy atom. The molecule has 1 saturated heterocycles. The normalized spacial score (nSPS) is 20.8. The van der Waals surface area contributed by atoms with Gasteiger partial charge in [0.25, 0.3) is 0 Å². The third kappa shape index (κ3) is 2.47. The molecule has 2 heterocycles. The maximum absolute atomic E-state index is 5.52. The molecule has 16 heavy (non-hydrogen) atoms. The van der Waals surface area contributed by atoms with E-state index in [2.05, 4.69) is 16.8 Å². The zero-order valence-electron chi connectivity index (χ0n) is 9.22. The van der Waals surface area contributed by atoms with Crippen LogP contribution in [0.2, 0.25) is 0 Å². The highest BCUT2D eigenvalue weighted by Crippen LogP contribution is 2.23. The van der Waals surface area contributed by atoms with Gasteiger partial charge in [-0.3, -0.25) is 4.98 Å². The summed E-state index contributed by atoms with van der Waals surface area (Å²) in [5.41, 5.74) is 7.37. The first-order valence-electron chi connectivity index (χ1n) is 5.28. The summed E-state index contributed by atoms with van der Waals surface area (Å²) >= 11 is 6.89. The second kappa shape index (κ2) is 5.01. The minimum absolute atomic E-state index is 0.355. The molecule has 0 amide bonds. The predicted molar refractivity (Wildman–Crippen MR) is 74.3 cm³/mol. The first kappa shape index (κ1) is 11.7. The number of rotatable bonds is 2. The van der Waals surface area contributed by atoms with Gasteiger partial charge in [-0.2, -0.15) is 11.8 Å². The summed E-state index contributed by atoms with van der Waals surface area (Å²) in [6.07, 6.45) is 1.86. The lowest BCUT2D eigenvalue weighted by Crippen LogP contribution is -2.40. The molecule has 2 rings (SSSR count). The number of hydrogen-bond acceptors (Lipinski definition) is 4. The van der Waals surface area contributed by atoms with E-state index < -0.39 is 0 Å². The van der Waals surface area contributed by atoms with Crippen LogP contribution >= 0.6 is 24.0 Å². The van der Waals surface area contributed by atoms with Crippen LogP contribution in [0, 0.1) is 0 Å². The van der Waals surface area contributed by atoms with Crippen molar-refractivity contribution in [1.29, 1.82) is 0 Å². The third-order valence-electron chi connectivity index (χ3n) is 2.70. The van der Waals surface area contributed by atoms with Gasteiger partial charge in [-0.25, -0.2) is 0 Å². The van der Waals surface area contributed by atoms with Crippen LogP contribution in [0.1, 0.15) is 12.6 Å². The van der Waals surface area contributed by atoms with E-state index in [0.29, 0.717) is 16.7 Å². The van der Waals surface area contributed by atoms with E-state index >= 15 is 0 Å². The van der Waals surface area contributed by atoms with Crippen LogP contribution in [-0.4, -0.2) is 34.1 Å². The summed E-state index contributed by atoms with van der Waals surface area (Å²) < 4.78 is 0. The molecule has 2 N–H and O–H groups in total. The molecular weight excluding hydrogens is 238 g/mol. The van der Waals surface area contributed by atoms with Gasteiger partial charge in [0, 0.05) is 24.1 Å². The first-order valence-corrected chi connectivity index (χ1v) is 6.85. The van der Waals surface area contributed by atoms with Crippen molar-refractivity contribution < 1.29 is 0 Å². The standard InChI is InChI=1S/C11H15N3S2/c1-8-7-16-5-4-14(8)9-2-3-10(11(12)15)13-6-9/h2-3,6,8H,4-5,7H2,1H3,(H2,12,15). The average Bonchev–Trinajstić information content (AvgIpc) is 2.30. The Hall–Kier alpha value is -0.810. The van der Waals surface area contributed by atoms with Crippen LogP contribution in [0.25, 0.3) is 0 Å². The van der Waals surface area contributed by atoms with Crippen molar-refractivity contribution in [3.8, 4) is 0 Å². The Balaban J connectivity index is 2.17. The minimum atomic E-state index is 0.355. The highest BCUT2D eigenvalue weighted by molar-refractivity contribution is 7.99. The van der Waals surface area contributed by atoms with E-state index in [1.807, 2.05) is 30.1 Å². The lowest BCUT2D eigenvalue weighted by Gasteiger charge is -2.34. The maximum Gasteiger partial charge on any atom is 0.122 e. The van der Waals surface area contributed by atoms with Crippen LogP contribution in [0.3, 0.4) is 0 Å². The van der Waals surface area contributed by atoms with E-state index in [-0.39, 0.29) is 0 Å². The van der Waals surface area contributed by atoms with Crippen molar-refractivity contribution in [2.45, 2.75) is 13.0 Å². The molecule has 3 nitrogen and oxygen atoms in total. The second-order valence-electron chi connectivity index (χ2n) is 3.88. The zero-order valence-corrected chi connectivity index (χ0v) is 10.9. The van der Waals surface area contributed by atoms with E-state index in [9.17, 15) is 0 Å². The minimum Gasteiger partial charge on any atom is -0.388 e. The summed E-state index contributed by atoms with van der Waals surface area (Å²) in [6, 6.07) is 4.51. The molecular formula is C11H15N3S2. The molecule has 1 aromatic rings. The number of thiocarbonyl (C=S) groups is 1. The van der Waals surface area contributed by atoms with Gasteiger partial charge in [0.1, 0.15) is 4.99 Å². The van der Waals surface area contributed by atoms with Crippen LogP contribution in [-0.2, 0) is 0 Å². The number of pyridine rings is 1. The average molecular weight is 253 g/mol. The predicted octanol–water partition coefficient (Wildman–Crippen LogP) is 1.66. The molecule has 0 radical (unpaired) electrons. The van der Waals surface area contributed by atoms with Gasteiger partial charge in [-0.05, 0) is 19.1 Å². The third-order valence-corrected chi connectivity index (χ3v) is 4.10. The monoisotopic (exact) mass is 253 g/mol. The topological polar surface area (TPSA) is 42.1 Å². The number of aromatic nitrogens is 1. The van der Waals surface area contributed by atoms with Crippen molar-refractivity contribution >= 4 is 34.7 Å². The molecule has 0 bridgehead atoms. The van der Waals surface area contributed by atoms with Crippen molar-refractivity contribution in [3.63, 3.8) is 0 Å². The molecule has 0 aliphatic carbocycles. The molecule has 1 aromatic heterocycles. The fraction of sp³-hybridized carbons (Fsp3) is 0.455. The molecule has 0 spiro atoms. The van der Waals surface area contributed by atoms with Gasteiger partial charge in [-0.1, -0.05) is 12.2 Å². The summed E-state index contributed by atoms with van der Waals surface area (Å²) in [7, 11) is 0. The SMILES string of the molecule is CC1CSCCN1c1ccc(C(N)=S)nc1. The highest BCUT2D eigenvalue weighted by atomic mass is 32.2. The molecule has 1 aliphatic heterocycles. The number of thioether (sulfide) groups is 1. The Kier molecular flexibility index (Phi) is 3.66. The molecule has 1 unspecified atom stereocenters. The number of nitrogens with two attached hydrogens (primary N) is 1. The molecule has 86 valence electrons. The Bertz CT molecular complexity index is 377. The fourth-order valence-electron chi connectivity index (χ4n) is 1.81. The summed E-state index contributed by atoms with van der Waals surface area (Å²) in [6.45, 7) is 3.33. The van der Waals surface area contributed by atoms with Gasteiger partial charge in [0.15, 0.2) is 0 Å². The number of nitrogens with zero attached hydrogens (tertiary/aromatic N) is 2. The largest absolute Gasteiger partial charge is 0.388 e. The van der Waals surface area contributed by atoms with Crippen molar-refractivity contribution in [3.05, 3.63) is 24.0 Å². The first-order chi connectivity index (χ1) is 7.68. The number of anilines is 1.